The average molecular weight is 344 g/mol. The number of para-hydroxylation sites is 1. The molecule has 0 bridgehead atoms. The molecule has 23 heavy (non-hydrogen) atoms. The van der Waals surface area contributed by atoms with Crippen molar-refractivity contribution in [3.05, 3.63) is 64.9 Å². The largest absolute Gasteiger partial charge is 0.242 e. The molecule has 0 N–H and O–H groups in total. The molecule has 0 heterocycles. The first-order valence-electron chi connectivity index (χ1n) is 6.63. The zero-order chi connectivity index (χ0) is 16.7. The van der Waals surface area contributed by atoms with Gasteiger partial charge in [0.25, 0.3) is 0 Å². The first-order valence-corrected chi connectivity index (χ1v) is 8.00. The van der Waals surface area contributed by atoms with Crippen molar-refractivity contribution < 1.29 is 4.39 Å². The highest BCUT2D eigenvalue weighted by atomic mass is 35.5. The highest BCUT2D eigenvalue weighted by Crippen LogP contribution is 2.28. The van der Waals surface area contributed by atoms with E-state index in [1.807, 2.05) is 12.1 Å². The fraction of sp³-hybridized carbons (Fsp3) is 0.118. The van der Waals surface area contributed by atoms with Crippen LogP contribution in [0.3, 0.4) is 0 Å². The third kappa shape index (κ3) is 4.82. The minimum Gasteiger partial charge on any atom is -0.242 e. The minimum atomic E-state index is -0.996. The van der Waals surface area contributed by atoms with Crippen LogP contribution in [0.2, 0.25) is 5.02 Å². The van der Waals surface area contributed by atoms with Crippen molar-refractivity contribution in [3.63, 3.8) is 0 Å². The van der Waals surface area contributed by atoms with Crippen LogP contribution in [0.25, 0.3) is 0 Å². The SMILES string of the molecule is N#CC(C#N)C(=Nc1ccccc1Cl)SCc1cccc(F)c1. The minimum absolute atomic E-state index is 0.329. The second-order valence-corrected chi connectivity index (χ2v) is 5.91. The Bertz CT molecular complexity index is 794. The lowest BCUT2D eigenvalue weighted by Crippen LogP contribution is -2.07. The molecule has 0 saturated carbocycles. The summed E-state index contributed by atoms with van der Waals surface area (Å²) in [7, 11) is 0. The molecule has 0 atom stereocenters. The van der Waals surface area contributed by atoms with Crippen LogP contribution in [0, 0.1) is 34.4 Å². The van der Waals surface area contributed by atoms with E-state index in [0.29, 0.717) is 21.5 Å². The third-order valence-corrected chi connectivity index (χ3v) is 4.28. The molecular weight excluding hydrogens is 333 g/mol. The van der Waals surface area contributed by atoms with Gasteiger partial charge in [-0.15, -0.1) is 11.8 Å². The van der Waals surface area contributed by atoms with Crippen molar-refractivity contribution >= 4 is 34.1 Å². The number of benzene rings is 2. The summed E-state index contributed by atoms with van der Waals surface area (Å²) in [5, 5.41) is 19.0. The smallest absolute Gasteiger partial charge is 0.181 e. The number of aliphatic imine (C=N–C) groups is 1. The summed E-state index contributed by atoms with van der Waals surface area (Å²) >= 11 is 7.29. The molecule has 2 rings (SSSR count). The Morgan fingerprint density at radius 3 is 2.57 bits per heavy atom. The first-order chi connectivity index (χ1) is 11.1. The Labute approximate surface area is 143 Å². The number of hydrogen-bond donors (Lipinski definition) is 0. The molecule has 2 aromatic rings. The standard InChI is InChI=1S/C17H11ClFN3S/c18-15-6-1-2-7-16(15)22-17(13(9-20)10-21)23-11-12-4-3-5-14(19)8-12/h1-8,13H,11H2. The molecule has 0 amide bonds. The lowest BCUT2D eigenvalue weighted by Gasteiger charge is -2.08. The van der Waals surface area contributed by atoms with Gasteiger partial charge in [-0.25, -0.2) is 9.38 Å². The summed E-state index contributed by atoms with van der Waals surface area (Å²) < 4.78 is 13.2. The molecule has 0 radical (unpaired) electrons. The topological polar surface area (TPSA) is 59.9 Å². The maximum atomic E-state index is 13.2. The van der Waals surface area contributed by atoms with Crippen LogP contribution >= 0.6 is 23.4 Å². The monoisotopic (exact) mass is 343 g/mol. The molecule has 114 valence electrons. The normalized spacial score (nSPS) is 11.1. The lowest BCUT2D eigenvalue weighted by molar-refractivity contribution is 0.626. The molecule has 0 aromatic heterocycles. The first kappa shape index (κ1) is 17.0. The van der Waals surface area contributed by atoms with Crippen LogP contribution in [-0.4, -0.2) is 5.04 Å². The van der Waals surface area contributed by atoms with Gasteiger partial charge in [0.15, 0.2) is 5.92 Å². The second-order valence-electron chi connectivity index (χ2n) is 4.51. The van der Waals surface area contributed by atoms with E-state index in [4.69, 9.17) is 22.1 Å². The van der Waals surface area contributed by atoms with Crippen molar-refractivity contribution in [2.75, 3.05) is 0 Å². The molecule has 3 nitrogen and oxygen atoms in total. The summed E-state index contributed by atoms with van der Waals surface area (Å²) in [6.07, 6.45) is 0. The fourth-order valence-electron chi connectivity index (χ4n) is 1.76. The number of nitriles is 2. The number of halogens is 2. The number of rotatable bonds is 4. The Hall–Kier alpha value is -2.34. The Kier molecular flexibility index (Phi) is 6.17. The molecule has 2 aromatic carbocycles. The Balaban J connectivity index is 2.27. The van der Waals surface area contributed by atoms with E-state index in [-0.39, 0.29) is 5.82 Å². The van der Waals surface area contributed by atoms with Gasteiger partial charge in [-0.3, -0.25) is 0 Å². The quantitative estimate of drug-likeness (QED) is 0.572. The van der Waals surface area contributed by atoms with Gasteiger partial charge in [0.2, 0.25) is 0 Å². The van der Waals surface area contributed by atoms with Crippen LogP contribution in [0.15, 0.2) is 53.5 Å². The van der Waals surface area contributed by atoms with Crippen molar-refractivity contribution in [1.29, 1.82) is 10.5 Å². The summed E-state index contributed by atoms with van der Waals surface area (Å²) in [6.45, 7) is 0. The zero-order valence-electron chi connectivity index (χ0n) is 11.9. The number of nitrogens with zero attached hydrogens (tertiary/aromatic N) is 3. The van der Waals surface area contributed by atoms with Crippen LogP contribution in [-0.2, 0) is 5.75 Å². The van der Waals surface area contributed by atoms with Gasteiger partial charge in [0.05, 0.1) is 22.8 Å². The molecule has 6 heteroatoms. The van der Waals surface area contributed by atoms with Gasteiger partial charge >= 0.3 is 0 Å². The van der Waals surface area contributed by atoms with E-state index >= 15 is 0 Å². The molecular formula is C17H11ClFN3S. The molecule has 0 spiro atoms. The van der Waals surface area contributed by atoms with Crippen LogP contribution < -0.4 is 0 Å². The summed E-state index contributed by atoms with van der Waals surface area (Å²) in [6, 6.07) is 16.9. The van der Waals surface area contributed by atoms with E-state index in [9.17, 15) is 4.39 Å². The molecule has 0 aliphatic carbocycles. The van der Waals surface area contributed by atoms with Gasteiger partial charge in [-0.05, 0) is 29.8 Å². The van der Waals surface area contributed by atoms with E-state index in [2.05, 4.69) is 4.99 Å². The van der Waals surface area contributed by atoms with E-state index in [1.54, 1.807) is 36.4 Å². The van der Waals surface area contributed by atoms with Gasteiger partial charge in [-0.1, -0.05) is 35.9 Å². The predicted molar refractivity (Wildman–Crippen MR) is 91.0 cm³/mol. The van der Waals surface area contributed by atoms with Gasteiger partial charge in [-0.2, -0.15) is 10.5 Å². The Morgan fingerprint density at radius 2 is 1.91 bits per heavy atom. The predicted octanol–water partition coefficient (Wildman–Crippen LogP) is 5.11. The van der Waals surface area contributed by atoms with Crippen molar-refractivity contribution in [1.82, 2.24) is 0 Å². The van der Waals surface area contributed by atoms with E-state index in [1.165, 1.54) is 23.9 Å². The molecule has 0 saturated heterocycles. The van der Waals surface area contributed by atoms with Gasteiger partial charge in [0, 0.05) is 5.75 Å². The lowest BCUT2D eigenvalue weighted by atomic mass is 10.2. The number of thioether (sulfide) groups is 1. The highest BCUT2D eigenvalue weighted by molar-refractivity contribution is 8.13. The fourth-order valence-corrected chi connectivity index (χ4v) is 2.87. The summed E-state index contributed by atoms with van der Waals surface area (Å²) in [5.41, 5.74) is 1.24. The Morgan fingerprint density at radius 1 is 1.17 bits per heavy atom. The summed E-state index contributed by atoms with van der Waals surface area (Å²) in [4.78, 5) is 4.35. The molecule has 0 unspecified atom stereocenters. The van der Waals surface area contributed by atoms with E-state index < -0.39 is 5.92 Å². The van der Waals surface area contributed by atoms with Crippen LogP contribution in [0.5, 0.6) is 0 Å². The van der Waals surface area contributed by atoms with Crippen molar-refractivity contribution in [3.8, 4) is 12.1 Å². The summed E-state index contributed by atoms with van der Waals surface area (Å²) in [5.74, 6) is -0.921. The van der Waals surface area contributed by atoms with E-state index in [0.717, 1.165) is 5.56 Å². The van der Waals surface area contributed by atoms with Crippen LogP contribution in [0.4, 0.5) is 10.1 Å². The van der Waals surface area contributed by atoms with Crippen LogP contribution in [0.1, 0.15) is 5.56 Å². The van der Waals surface area contributed by atoms with Crippen molar-refractivity contribution in [2.24, 2.45) is 10.9 Å². The van der Waals surface area contributed by atoms with Gasteiger partial charge < -0.3 is 0 Å². The third-order valence-electron chi connectivity index (χ3n) is 2.86. The second kappa shape index (κ2) is 8.33. The average Bonchev–Trinajstić information content (AvgIpc) is 2.55. The number of hydrogen-bond acceptors (Lipinski definition) is 4. The highest BCUT2D eigenvalue weighted by Gasteiger charge is 2.16. The zero-order valence-corrected chi connectivity index (χ0v) is 13.5. The van der Waals surface area contributed by atoms with Gasteiger partial charge in [0.1, 0.15) is 10.9 Å². The maximum Gasteiger partial charge on any atom is 0.181 e. The molecule has 0 aliphatic heterocycles. The molecule has 0 fully saturated rings. The maximum absolute atomic E-state index is 13.2. The molecule has 0 aliphatic rings. The van der Waals surface area contributed by atoms with Crippen molar-refractivity contribution in [2.45, 2.75) is 5.75 Å².